The zero-order valence-electron chi connectivity index (χ0n) is 17.7. The third-order valence-corrected chi connectivity index (χ3v) is 8.15. The zero-order chi connectivity index (χ0) is 21.7. The lowest BCUT2D eigenvalue weighted by Gasteiger charge is -2.32. The van der Waals surface area contributed by atoms with Crippen molar-refractivity contribution in [3.05, 3.63) is 62.1 Å². The van der Waals surface area contributed by atoms with Gasteiger partial charge in [-0.3, -0.25) is 9.47 Å². The molecule has 0 spiro atoms. The summed E-state index contributed by atoms with van der Waals surface area (Å²) in [6.07, 6.45) is 4.75. The molecule has 5 heterocycles. The van der Waals surface area contributed by atoms with E-state index in [0.717, 1.165) is 67.9 Å². The Morgan fingerprint density at radius 1 is 1.19 bits per heavy atom. The molecule has 32 heavy (non-hydrogen) atoms. The van der Waals surface area contributed by atoms with E-state index >= 15 is 0 Å². The fraction of sp³-hybridized carbons (Fsp3) is 0.435. The summed E-state index contributed by atoms with van der Waals surface area (Å²) >= 11 is 7.79. The second kappa shape index (κ2) is 8.26. The Balaban J connectivity index is 1.41. The quantitative estimate of drug-likeness (QED) is 0.457. The van der Waals surface area contributed by atoms with Crippen molar-refractivity contribution < 1.29 is 4.74 Å². The van der Waals surface area contributed by atoms with E-state index in [0.29, 0.717) is 23.1 Å². The molecule has 9 heteroatoms. The molecule has 0 aliphatic carbocycles. The fourth-order valence-electron chi connectivity index (χ4n) is 4.98. The highest BCUT2D eigenvalue weighted by molar-refractivity contribution is 7.19. The van der Waals surface area contributed by atoms with Gasteiger partial charge in [-0.1, -0.05) is 23.7 Å². The van der Waals surface area contributed by atoms with E-state index in [2.05, 4.69) is 15.0 Å². The number of halogens is 1. The van der Waals surface area contributed by atoms with Gasteiger partial charge in [0, 0.05) is 42.7 Å². The first kappa shape index (κ1) is 20.4. The standard InChI is InChI=1S/C23H24ClN5O2S/c24-17-3-1-15(2-4-17)12-28-22-20(21-25-14-26-29(21)23(28)30)18-5-8-27(13-19(18)32-22)11-16-6-9-31-10-7-16/h1-4,14,16H,5-13H2. The summed E-state index contributed by atoms with van der Waals surface area (Å²) in [5.41, 5.74) is 2.88. The van der Waals surface area contributed by atoms with Crippen molar-refractivity contribution in [3.63, 3.8) is 0 Å². The first-order valence-electron chi connectivity index (χ1n) is 11.1. The third kappa shape index (κ3) is 3.55. The number of thiophene rings is 1. The summed E-state index contributed by atoms with van der Waals surface area (Å²) in [4.78, 5) is 22.7. The van der Waals surface area contributed by atoms with Crippen LogP contribution in [0.2, 0.25) is 5.02 Å². The maximum absolute atomic E-state index is 13.3. The van der Waals surface area contributed by atoms with E-state index in [-0.39, 0.29) is 5.69 Å². The normalized spacial score (nSPS) is 17.9. The second-order valence-electron chi connectivity index (χ2n) is 8.72. The van der Waals surface area contributed by atoms with Crippen molar-refractivity contribution in [1.82, 2.24) is 24.1 Å². The van der Waals surface area contributed by atoms with E-state index in [4.69, 9.17) is 16.3 Å². The van der Waals surface area contributed by atoms with Crippen molar-refractivity contribution in [3.8, 4) is 0 Å². The first-order chi connectivity index (χ1) is 15.7. The molecular weight excluding hydrogens is 446 g/mol. The summed E-state index contributed by atoms with van der Waals surface area (Å²) in [7, 11) is 0. The Kier molecular flexibility index (Phi) is 5.25. The molecule has 6 rings (SSSR count). The van der Waals surface area contributed by atoms with Gasteiger partial charge in [0.1, 0.15) is 11.2 Å². The summed E-state index contributed by atoms with van der Waals surface area (Å²) < 4.78 is 8.81. The van der Waals surface area contributed by atoms with Crippen LogP contribution in [0.15, 0.2) is 35.4 Å². The van der Waals surface area contributed by atoms with Crippen LogP contribution in [0, 0.1) is 5.92 Å². The molecule has 166 valence electrons. The third-order valence-electron chi connectivity index (χ3n) is 6.66. The minimum atomic E-state index is -0.155. The SMILES string of the molecule is O=c1n(Cc2ccc(Cl)cc2)c2sc3c(c2c2ncnn12)CCN(CC1CCOCC1)C3. The molecule has 0 bridgehead atoms. The highest BCUT2D eigenvalue weighted by Gasteiger charge is 2.27. The highest BCUT2D eigenvalue weighted by atomic mass is 35.5. The average molecular weight is 470 g/mol. The number of hydrogen-bond donors (Lipinski definition) is 0. The van der Waals surface area contributed by atoms with Crippen LogP contribution in [0.5, 0.6) is 0 Å². The topological polar surface area (TPSA) is 64.7 Å². The smallest absolute Gasteiger partial charge is 0.352 e. The Bertz CT molecular complexity index is 1340. The van der Waals surface area contributed by atoms with E-state index in [1.807, 2.05) is 28.8 Å². The number of rotatable bonds is 4. The minimum Gasteiger partial charge on any atom is -0.381 e. The van der Waals surface area contributed by atoms with Crippen LogP contribution in [0.3, 0.4) is 0 Å². The van der Waals surface area contributed by atoms with Gasteiger partial charge < -0.3 is 4.74 Å². The Hall–Kier alpha value is -2.26. The molecule has 0 N–H and O–H groups in total. The highest BCUT2D eigenvalue weighted by Crippen LogP contribution is 2.37. The molecule has 1 saturated heterocycles. The zero-order valence-corrected chi connectivity index (χ0v) is 19.2. The van der Waals surface area contributed by atoms with Crippen LogP contribution in [-0.4, -0.2) is 50.4 Å². The van der Waals surface area contributed by atoms with Crippen molar-refractivity contribution in [2.75, 3.05) is 26.3 Å². The summed E-state index contributed by atoms with van der Waals surface area (Å²) in [6, 6.07) is 7.66. The molecule has 0 amide bonds. The number of fused-ring (bicyclic) bond motifs is 5. The lowest BCUT2D eigenvalue weighted by Crippen LogP contribution is -2.35. The van der Waals surface area contributed by atoms with E-state index in [1.165, 1.54) is 21.3 Å². The maximum Gasteiger partial charge on any atom is 0.352 e. The molecule has 2 aliphatic rings. The molecule has 0 saturated carbocycles. The predicted octanol–water partition coefficient (Wildman–Crippen LogP) is 3.59. The van der Waals surface area contributed by atoms with Crippen molar-refractivity contribution in [2.45, 2.75) is 32.4 Å². The van der Waals surface area contributed by atoms with E-state index in [9.17, 15) is 4.79 Å². The van der Waals surface area contributed by atoms with Gasteiger partial charge in [0.15, 0.2) is 5.65 Å². The van der Waals surface area contributed by atoms with E-state index < -0.39 is 0 Å². The van der Waals surface area contributed by atoms with Gasteiger partial charge in [-0.2, -0.15) is 9.61 Å². The maximum atomic E-state index is 13.3. The summed E-state index contributed by atoms with van der Waals surface area (Å²) in [6.45, 7) is 5.33. The van der Waals surface area contributed by atoms with Gasteiger partial charge in [0.2, 0.25) is 0 Å². The van der Waals surface area contributed by atoms with Gasteiger partial charge in [0.05, 0.1) is 11.9 Å². The fourth-order valence-corrected chi connectivity index (χ4v) is 6.48. The Labute approximate surface area is 194 Å². The number of nitrogens with zero attached hydrogens (tertiary/aromatic N) is 5. The van der Waals surface area contributed by atoms with Crippen LogP contribution in [0.1, 0.15) is 28.8 Å². The Morgan fingerprint density at radius 2 is 2.00 bits per heavy atom. The van der Waals surface area contributed by atoms with Gasteiger partial charge in [-0.15, -0.1) is 11.3 Å². The number of aromatic nitrogens is 4. The van der Waals surface area contributed by atoms with Crippen LogP contribution >= 0.6 is 22.9 Å². The monoisotopic (exact) mass is 469 g/mol. The number of benzene rings is 1. The van der Waals surface area contributed by atoms with E-state index in [1.54, 1.807) is 11.3 Å². The van der Waals surface area contributed by atoms with Gasteiger partial charge in [-0.05, 0) is 48.4 Å². The van der Waals surface area contributed by atoms with Crippen LogP contribution in [0.25, 0.3) is 15.9 Å². The average Bonchev–Trinajstić information content (AvgIpc) is 3.43. The lowest BCUT2D eigenvalue weighted by molar-refractivity contribution is 0.0508. The largest absolute Gasteiger partial charge is 0.381 e. The van der Waals surface area contributed by atoms with Crippen LogP contribution < -0.4 is 5.69 Å². The summed E-state index contributed by atoms with van der Waals surface area (Å²) in [5.74, 6) is 0.714. The molecule has 1 fully saturated rings. The molecule has 4 aromatic rings. The Morgan fingerprint density at radius 3 is 2.81 bits per heavy atom. The van der Waals surface area contributed by atoms with Crippen LogP contribution in [-0.2, 0) is 24.2 Å². The van der Waals surface area contributed by atoms with Crippen molar-refractivity contribution >= 4 is 38.8 Å². The van der Waals surface area contributed by atoms with Gasteiger partial charge >= 0.3 is 5.69 Å². The molecule has 0 atom stereocenters. The van der Waals surface area contributed by atoms with Gasteiger partial charge in [0.25, 0.3) is 0 Å². The van der Waals surface area contributed by atoms with Crippen molar-refractivity contribution in [2.24, 2.45) is 5.92 Å². The molecule has 7 nitrogen and oxygen atoms in total. The summed E-state index contributed by atoms with van der Waals surface area (Å²) in [5, 5.41) is 6.01. The predicted molar refractivity (Wildman–Crippen MR) is 126 cm³/mol. The first-order valence-corrected chi connectivity index (χ1v) is 12.3. The van der Waals surface area contributed by atoms with Crippen molar-refractivity contribution in [1.29, 1.82) is 0 Å². The van der Waals surface area contributed by atoms with Gasteiger partial charge in [-0.25, -0.2) is 9.78 Å². The second-order valence-corrected chi connectivity index (χ2v) is 10.2. The molecule has 3 aromatic heterocycles. The molecular formula is C23H24ClN5O2S. The number of hydrogen-bond acceptors (Lipinski definition) is 6. The molecule has 0 radical (unpaired) electrons. The lowest BCUT2D eigenvalue weighted by atomic mass is 9.98. The molecule has 2 aliphatic heterocycles. The number of ether oxygens (including phenoxy) is 1. The van der Waals surface area contributed by atoms with Crippen LogP contribution in [0.4, 0.5) is 0 Å². The molecule has 1 aromatic carbocycles. The molecule has 0 unspecified atom stereocenters. The minimum absolute atomic E-state index is 0.155.